The van der Waals surface area contributed by atoms with Crippen molar-refractivity contribution in [3.63, 3.8) is 0 Å². The third-order valence-electron chi connectivity index (χ3n) is 5.67. The summed E-state index contributed by atoms with van der Waals surface area (Å²) in [4.78, 5) is 10.2. The van der Waals surface area contributed by atoms with Crippen LogP contribution in [0.5, 0.6) is 5.75 Å². The molecule has 0 aromatic carbocycles. The predicted octanol–water partition coefficient (Wildman–Crippen LogP) is 3.84. The fraction of sp³-hybridized carbons (Fsp3) is 0.429. The second kappa shape index (κ2) is 7.81. The van der Waals surface area contributed by atoms with Crippen molar-refractivity contribution in [2.24, 2.45) is 0 Å². The van der Waals surface area contributed by atoms with Crippen LogP contribution in [0.2, 0.25) is 0 Å². The standard InChI is InChI=1S/C21H25N7OS/c1-12(2)17-18(14-8-15(29-3)20-24-11-25-28(20)10-14)26-27-19(17)16-9-23-21(30-16)13-4-6-22-7-5-13/h8-13,22H,4-7H2,1-3H3,(H,26,27). The van der Waals surface area contributed by atoms with Crippen LogP contribution in [-0.2, 0) is 0 Å². The molecule has 1 saturated heterocycles. The molecule has 0 saturated carbocycles. The van der Waals surface area contributed by atoms with Gasteiger partial charge in [-0.1, -0.05) is 13.8 Å². The van der Waals surface area contributed by atoms with Gasteiger partial charge in [0.25, 0.3) is 0 Å². The Labute approximate surface area is 178 Å². The van der Waals surface area contributed by atoms with E-state index < -0.39 is 0 Å². The first-order valence-electron chi connectivity index (χ1n) is 10.3. The number of hydrogen-bond donors (Lipinski definition) is 2. The number of aromatic nitrogens is 6. The maximum atomic E-state index is 5.54. The van der Waals surface area contributed by atoms with Gasteiger partial charge in [-0.2, -0.15) is 10.2 Å². The van der Waals surface area contributed by atoms with Gasteiger partial charge in [0, 0.05) is 29.4 Å². The molecule has 156 valence electrons. The Balaban J connectivity index is 1.57. The fourth-order valence-electron chi connectivity index (χ4n) is 4.16. The molecule has 8 nitrogen and oxygen atoms in total. The quantitative estimate of drug-likeness (QED) is 0.507. The van der Waals surface area contributed by atoms with Crippen LogP contribution >= 0.6 is 11.3 Å². The van der Waals surface area contributed by atoms with Crippen LogP contribution in [0.4, 0.5) is 0 Å². The number of piperidine rings is 1. The second-order valence-corrected chi connectivity index (χ2v) is 8.99. The lowest BCUT2D eigenvalue weighted by Crippen LogP contribution is -2.26. The SMILES string of the molecule is COc1cc(-c2n[nH]c(-c3cnc(C4CCNCC4)s3)c2C(C)C)cn2ncnc12. The number of rotatable bonds is 5. The highest BCUT2D eigenvalue weighted by Crippen LogP contribution is 2.40. The maximum absolute atomic E-state index is 5.54. The number of methoxy groups -OCH3 is 1. The lowest BCUT2D eigenvalue weighted by atomic mass is 9.97. The molecule has 0 spiro atoms. The topological polar surface area (TPSA) is 93.0 Å². The minimum absolute atomic E-state index is 0.288. The summed E-state index contributed by atoms with van der Waals surface area (Å²) in [6, 6.07) is 1.98. The lowest BCUT2D eigenvalue weighted by molar-refractivity contribution is 0.416. The van der Waals surface area contributed by atoms with Gasteiger partial charge in [-0.15, -0.1) is 11.3 Å². The average molecular weight is 424 g/mol. The van der Waals surface area contributed by atoms with E-state index in [1.54, 1.807) is 23.0 Å². The molecule has 30 heavy (non-hydrogen) atoms. The van der Waals surface area contributed by atoms with Crippen molar-refractivity contribution >= 4 is 17.0 Å². The second-order valence-electron chi connectivity index (χ2n) is 7.93. The molecule has 0 bridgehead atoms. The first-order chi connectivity index (χ1) is 14.7. The highest BCUT2D eigenvalue weighted by molar-refractivity contribution is 7.15. The number of aromatic amines is 1. The van der Waals surface area contributed by atoms with Gasteiger partial charge in [0.1, 0.15) is 6.33 Å². The zero-order valence-corrected chi connectivity index (χ0v) is 18.2. The summed E-state index contributed by atoms with van der Waals surface area (Å²) >= 11 is 1.78. The van der Waals surface area contributed by atoms with Gasteiger partial charge in [-0.3, -0.25) is 5.10 Å². The van der Waals surface area contributed by atoms with Crippen molar-refractivity contribution < 1.29 is 4.74 Å². The van der Waals surface area contributed by atoms with Crippen molar-refractivity contribution in [1.82, 2.24) is 35.1 Å². The third kappa shape index (κ3) is 3.27. The molecule has 0 unspecified atom stereocenters. The number of H-pyrrole nitrogens is 1. The molecule has 0 atom stereocenters. The molecular weight excluding hydrogens is 398 g/mol. The predicted molar refractivity (Wildman–Crippen MR) is 117 cm³/mol. The number of hydrogen-bond acceptors (Lipinski definition) is 7. The molecule has 4 aromatic heterocycles. The lowest BCUT2D eigenvalue weighted by Gasteiger charge is -2.20. The van der Waals surface area contributed by atoms with Crippen molar-refractivity contribution in [2.75, 3.05) is 20.2 Å². The zero-order valence-electron chi connectivity index (χ0n) is 17.3. The molecule has 2 N–H and O–H groups in total. The summed E-state index contributed by atoms with van der Waals surface area (Å²) in [6.45, 7) is 6.52. The molecule has 9 heteroatoms. The Morgan fingerprint density at radius 1 is 1.23 bits per heavy atom. The van der Waals surface area contributed by atoms with Gasteiger partial charge >= 0.3 is 0 Å². The van der Waals surface area contributed by atoms with Crippen LogP contribution in [-0.4, -0.2) is 50.0 Å². The van der Waals surface area contributed by atoms with E-state index in [1.807, 2.05) is 18.5 Å². The van der Waals surface area contributed by atoms with E-state index >= 15 is 0 Å². The summed E-state index contributed by atoms with van der Waals surface area (Å²) in [6.07, 6.45) is 7.77. The van der Waals surface area contributed by atoms with E-state index in [0.717, 1.165) is 47.8 Å². The first kappa shape index (κ1) is 19.2. The van der Waals surface area contributed by atoms with E-state index in [0.29, 0.717) is 17.3 Å². The molecule has 1 aliphatic rings. The van der Waals surface area contributed by atoms with Crippen molar-refractivity contribution in [3.8, 4) is 27.6 Å². The number of ether oxygens (including phenoxy) is 1. The van der Waals surface area contributed by atoms with E-state index in [9.17, 15) is 0 Å². The van der Waals surface area contributed by atoms with Crippen molar-refractivity contribution in [3.05, 3.63) is 35.4 Å². The molecule has 1 aliphatic heterocycles. The Morgan fingerprint density at radius 2 is 2.07 bits per heavy atom. The van der Waals surface area contributed by atoms with E-state index in [1.165, 1.54) is 16.9 Å². The Hall–Kier alpha value is -2.78. The van der Waals surface area contributed by atoms with Crippen LogP contribution < -0.4 is 10.1 Å². The van der Waals surface area contributed by atoms with E-state index in [2.05, 4.69) is 34.3 Å². The molecular formula is C21H25N7OS. The summed E-state index contributed by atoms with van der Waals surface area (Å²) in [5.74, 6) is 1.51. The molecule has 0 radical (unpaired) electrons. The minimum Gasteiger partial charge on any atom is -0.493 e. The Kier molecular flexibility index (Phi) is 5.00. The third-order valence-corrected chi connectivity index (χ3v) is 6.85. The fourth-order valence-corrected chi connectivity index (χ4v) is 5.25. The first-order valence-corrected chi connectivity index (χ1v) is 11.1. The summed E-state index contributed by atoms with van der Waals surface area (Å²) in [5, 5.41) is 16.9. The number of thiazole rings is 1. The molecule has 0 aliphatic carbocycles. The molecule has 4 aromatic rings. The average Bonchev–Trinajstić information content (AvgIpc) is 3.51. The minimum atomic E-state index is 0.288. The molecule has 1 fully saturated rings. The monoisotopic (exact) mass is 423 g/mol. The maximum Gasteiger partial charge on any atom is 0.197 e. The largest absolute Gasteiger partial charge is 0.493 e. The number of nitrogens with zero attached hydrogens (tertiary/aromatic N) is 5. The molecule has 5 rings (SSSR count). The van der Waals surface area contributed by atoms with Gasteiger partial charge in [-0.25, -0.2) is 14.5 Å². The normalized spacial score (nSPS) is 15.3. The van der Waals surface area contributed by atoms with Gasteiger partial charge in [-0.05, 0) is 37.9 Å². The number of nitrogens with one attached hydrogen (secondary N) is 2. The molecule has 0 amide bonds. The summed E-state index contributed by atoms with van der Waals surface area (Å²) in [7, 11) is 1.65. The van der Waals surface area contributed by atoms with Gasteiger partial charge in [0.15, 0.2) is 11.4 Å². The Morgan fingerprint density at radius 3 is 2.83 bits per heavy atom. The van der Waals surface area contributed by atoms with E-state index in [-0.39, 0.29) is 5.92 Å². The van der Waals surface area contributed by atoms with Crippen LogP contribution in [0, 0.1) is 0 Å². The number of fused-ring (bicyclic) bond motifs is 1. The van der Waals surface area contributed by atoms with Gasteiger partial charge in [0.2, 0.25) is 0 Å². The van der Waals surface area contributed by atoms with Gasteiger partial charge < -0.3 is 10.1 Å². The summed E-state index contributed by atoms with van der Waals surface area (Å²) in [5.41, 5.74) is 4.77. The molecule has 5 heterocycles. The highest BCUT2D eigenvalue weighted by Gasteiger charge is 2.24. The van der Waals surface area contributed by atoms with E-state index in [4.69, 9.17) is 14.8 Å². The van der Waals surface area contributed by atoms with Gasteiger partial charge in [0.05, 0.1) is 28.4 Å². The smallest absolute Gasteiger partial charge is 0.197 e. The van der Waals surface area contributed by atoms with Crippen LogP contribution in [0.3, 0.4) is 0 Å². The van der Waals surface area contributed by atoms with Crippen LogP contribution in [0.15, 0.2) is 24.8 Å². The van der Waals surface area contributed by atoms with Crippen molar-refractivity contribution in [1.29, 1.82) is 0 Å². The summed E-state index contributed by atoms with van der Waals surface area (Å²) < 4.78 is 7.27. The number of pyridine rings is 1. The zero-order chi connectivity index (χ0) is 20.7. The van der Waals surface area contributed by atoms with Crippen molar-refractivity contribution in [2.45, 2.75) is 38.5 Å². The highest BCUT2D eigenvalue weighted by atomic mass is 32.1. The van der Waals surface area contributed by atoms with Crippen LogP contribution in [0.25, 0.3) is 27.5 Å². The Bertz CT molecular complexity index is 1170. The van der Waals surface area contributed by atoms with Crippen LogP contribution in [0.1, 0.15) is 49.1 Å².